The van der Waals surface area contributed by atoms with Crippen LogP contribution in [0.4, 0.5) is 14.5 Å². The average Bonchev–Trinajstić information content (AvgIpc) is 2.01. The number of nitrogens with zero attached hydrogens (tertiary/aromatic N) is 2. The molecule has 0 aliphatic heterocycles. The van der Waals surface area contributed by atoms with Crippen LogP contribution in [0.25, 0.3) is 0 Å². The van der Waals surface area contributed by atoms with E-state index in [-0.39, 0.29) is 10.8 Å². The van der Waals surface area contributed by atoms with Gasteiger partial charge in [0.25, 0.3) is 12.1 Å². The molecule has 0 saturated carbocycles. The highest BCUT2D eigenvalue weighted by atomic mass is 35.5. The van der Waals surface area contributed by atoms with Crippen molar-refractivity contribution in [2.75, 3.05) is 0 Å². The lowest BCUT2D eigenvalue weighted by atomic mass is 10.2. The topological polar surface area (TPSA) is 56.0 Å². The van der Waals surface area contributed by atoms with Crippen LogP contribution in [-0.4, -0.2) is 9.91 Å². The number of alkyl halides is 2. The molecule has 0 atom stereocenters. The molecule has 0 N–H and O–H groups in total. The fourth-order valence-corrected chi connectivity index (χ4v) is 1.30. The van der Waals surface area contributed by atoms with Gasteiger partial charge in [-0.1, -0.05) is 11.6 Å². The molecule has 0 unspecified atom stereocenters. The average molecular weight is 223 g/mol. The SMILES string of the molecule is Cc1nc(Cl)cc(C(F)F)c1[N+](=O)[O-]. The molecular weight excluding hydrogens is 218 g/mol. The zero-order chi connectivity index (χ0) is 10.9. The van der Waals surface area contributed by atoms with E-state index in [2.05, 4.69) is 4.98 Å². The van der Waals surface area contributed by atoms with E-state index >= 15 is 0 Å². The Morgan fingerprint density at radius 3 is 2.64 bits per heavy atom. The molecule has 4 nitrogen and oxygen atoms in total. The number of aryl methyl sites for hydroxylation is 1. The standard InChI is InChI=1S/C7H5ClF2N2O2/c1-3-6(12(13)14)4(7(9)10)2-5(8)11-3/h2,7H,1H3. The normalized spacial score (nSPS) is 10.6. The lowest BCUT2D eigenvalue weighted by molar-refractivity contribution is -0.387. The summed E-state index contributed by atoms with van der Waals surface area (Å²) in [6.07, 6.45) is -2.94. The smallest absolute Gasteiger partial charge is 0.258 e. The van der Waals surface area contributed by atoms with E-state index < -0.39 is 22.6 Å². The van der Waals surface area contributed by atoms with Gasteiger partial charge in [-0.05, 0) is 13.0 Å². The zero-order valence-electron chi connectivity index (χ0n) is 7.00. The maximum absolute atomic E-state index is 12.4. The van der Waals surface area contributed by atoms with E-state index in [1.165, 1.54) is 6.92 Å². The Kier molecular flexibility index (Phi) is 2.95. The summed E-state index contributed by atoms with van der Waals surface area (Å²) >= 11 is 5.40. The van der Waals surface area contributed by atoms with Crippen LogP contribution in [0.15, 0.2) is 6.07 Å². The maximum Gasteiger partial charge on any atom is 0.299 e. The predicted octanol–water partition coefficient (Wildman–Crippen LogP) is 2.89. The quantitative estimate of drug-likeness (QED) is 0.439. The summed E-state index contributed by atoms with van der Waals surface area (Å²) in [5, 5.41) is 10.3. The van der Waals surface area contributed by atoms with Gasteiger partial charge in [-0.3, -0.25) is 10.1 Å². The van der Waals surface area contributed by atoms with Gasteiger partial charge < -0.3 is 0 Å². The van der Waals surface area contributed by atoms with E-state index in [1.807, 2.05) is 0 Å². The van der Waals surface area contributed by atoms with Crippen LogP contribution in [0.2, 0.25) is 5.15 Å². The maximum atomic E-state index is 12.4. The number of pyridine rings is 1. The summed E-state index contributed by atoms with van der Waals surface area (Å²) in [5.74, 6) is 0. The summed E-state index contributed by atoms with van der Waals surface area (Å²) in [5.41, 5.74) is -1.49. The van der Waals surface area contributed by atoms with Gasteiger partial charge in [0.1, 0.15) is 16.4 Å². The first-order chi connectivity index (χ1) is 6.43. The molecule has 7 heteroatoms. The Hall–Kier alpha value is -1.30. The second-order valence-corrected chi connectivity index (χ2v) is 2.91. The molecular formula is C7H5ClF2N2O2. The van der Waals surface area contributed by atoms with Crippen molar-refractivity contribution in [3.8, 4) is 0 Å². The number of hydrogen-bond donors (Lipinski definition) is 0. The molecule has 0 aliphatic carbocycles. The highest BCUT2D eigenvalue weighted by Gasteiger charge is 2.25. The van der Waals surface area contributed by atoms with Crippen LogP contribution in [-0.2, 0) is 0 Å². The highest BCUT2D eigenvalue weighted by molar-refractivity contribution is 6.29. The molecule has 1 heterocycles. The third-order valence-electron chi connectivity index (χ3n) is 1.58. The summed E-state index contributed by atoms with van der Waals surface area (Å²) in [4.78, 5) is 13.1. The van der Waals surface area contributed by atoms with E-state index in [0.717, 1.165) is 6.07 Å². The lowest BCUT2D eigenvalue weighted by Gasteiger charge is -2.03. The number of hydrogen-bond acceptors (Lipinski definition) is 3. The Morgan fingerprint density at radius 1 is 1.64 bits per heavy atom. The second kappa shape index (κ2) is 3.83. The first kappa shape index (κ1) is 10.8. The minimum atomic E-state index is -2.94. The van der Waals surface area contributed by atoms with Crippen molar-refractivity contribution in [1.29, 1.82) is 0 Å². The van der Waals surface area contributed by atoms with Crippen LogP contribution < -0.4 is 0 Å². The van der Waals surface area contributed by atoms with Gasteiger partial charge in [0.2, 0.25) is 0 Å². The van der Waals surface area contributed by atoms with E-state index in [4.69, 9.17) is 11.6 Å². The fourth-order valence-electron chi connectivity index (χ4n) is 1.05. The number of halogens is 3. The Balaban J connectivity index is 3.44. The van der Waals surface area contributed by atoms with Crippen LogP contribution in [0.1, 0.15) is 17.7 Å². The van der Waals surface area contributed by atoms with E-state index in [1.54, 1.807) is 0 Å². The minimum Gasteiger partial charge on any atom is -0.258 e. The van der Waals surface area contributed by atoms with Gasteiger partial charge in [-0.2, -0.15) is 0 Å². The first-order valence-corrected chi connectivity index (χ1v) is 3.91. The molecule has 0 fully saturated rings. The molecule has 76 valence electrons. The molecule has 0 saturated heterocycles. The molecule has 0 amide bonds. The van der Waals surface area contributed by atoms with Crippen molar-refractivity contribution < 1.29 is 13.7 Å². The van der Waals surface area contributed by atoms with Crippen LogP contribution >= 0.6 is 11.6 Å². The highest BCUT2D eigenvalue weighted by Crippen LogP contribution is 2.32. The summed E-state index contributed by atoms with van der Waals surface area (Å²) < 4.78 is 24.7. The van der Waals surface area contributed by atoms with Gasteiger partial charge in [0, 0.05) is 0 Å². The van der Waals surface area contributed by atoms with Gasteiger partial charge in [-0.25, -0.2) is 13.8 Å². The molecule has 0 aliphatic rings. The molecule has 0 aromatic carbocycles. The fraction of sp³-hybridized carbons (Fsp3) is 0.286. The number of rotatable bonds is 2. The Morgan fingerprint density at radius 2 is 2.21 bits per heavy atom. The number of nitro groups is 1. The first-order valence-electron chi connectivity index (χ1n) is 3.53. The monoisotopic (exact) mass is 222 g/mol. The van der Waals surface area contributed by atoms with Crippen LogP contribution in [0, 0.1) is 17.0 Å². The third-order valence-corrected chi connectivity index (χ3v) is 1.78. The van der Waals surface area contributed by atoms with Crippen LogP contribution in [0.5, 0.6) is 0 Å². The van der Waals surface area contributed by atoms with Gasteiger partial charge in [-0.15, -0.1) is 0 Å². The van der Waals surface area contributed by atoms with Crippen molar-refractivity contribution in [2.24, 2.45) is 0 Å². The summed E-state index contributed by atoms with van der Waals surface area (Å²) in [7, 11) is 0. The molecule has 1 aromatic rings. The van der Waals surface area contributed by atoms with Crippen LogP contribution in [0.3, 0.4) is 0 Å². The van der Waals surface area contributed by atoms with Gasteiger partial charge in [0.15, 0.2) is 0 Å². The zero-order valence-corrected chi connectivity index (χ0v) is 7.76. The molecule has 0 bridgehead atoms. The van der Waals surface area contributed by atoms with Gasteiger partial charge in [0.05, 0.1) is 4.92 Å². The molecule has 0 radical (unpaired) electrons. The number of aromatic nitrogens is 1. The molecule has 1 aromatic heterocycles. The lowest BCUT2D eigenvalue weighted by Crippen LogP contribution is -2.01. The Labute approximate surface area is 82.7 Å². The van der Waals surface area contributed by atoms with E-state index in [0.29, 0.717) is 0 Å². The predicted molar refractivity (Wildman–Crippen MR) is 45.6 cm³/mol. The van der Waals surface area contributed by atoms with Crippen molar-refractivity contribution >= 4 is 17.3 Å². The summed E-state index contributed by atoms with van der Waals surface area (Å²) in [6, 6.07) is 0.803. The molecule has 14 heavy (non-hydrogen) atoms. The minimum absolute atomic E-state index is 0.113. The largest absolute Gasteiger partial charge is 0.299 e. The molecule has 1 rings (SSSR count). The van der Waals surface area contributed by atoms with Crippen molar-refractivity contribution in [2.45, 2.75) is 13.3 Å². The van der Waals surface area contributed by atoms with Gasteiger partial charge >= 0.3 is 0 Å². The van der Waals surface area contributed by atoms with Crippen molar-refractivity contribution in [3.63, 3.8) is 0 Å². The Bertz CT molecular complexity index is 384. The second-order valence-electron chi connectivity index (χ2n) is 2.53. The summed E-state index contributed by atoms with van der Waals surface area (Å²) in [6.45, 7) is 1.26. The van der Waals surface area contributed by atoms with Crippen molar-refractivity contribution in [1.82, 2.24) is 4.98 Å². The third kappa shape index (κ3) is 1.95. The van der Waals surface area contributed by atoms with Crippen molar-refractivity contribution in [3.05, 3.63) is 32.6 Å². The van der Waals surface area contributed by atoms with E-state index in [9.17, 15) is 18.9 Å². The molecule has 0 spiro atoms.